The second-order valence-corrected chi connectivity index (χ2v) is 6.67. The molecule has 1 unspecified atom stereocenters. The van der Waals surface area contributed by atoms with E-state index in [4.69, 9.17) is 4.42 Å². The van der Waals surface area contributed by atoms with Crippen molar-refractivity contribution in [3.63, 3.8) is 0 Å². The Morgan fingerprint density at radius 3 is 2.45 bits per heavy atom. The van der Waals surface area contributed by atoms with Gasteiger partial charge in [0.25, 0.3) is 5.91 Å². The summed E-state index contributed by atoms with van der Waals surface area (Å²) in [5.74, 6) is 0.574. The lowest BCUT2D eigenvalue weighted by Gasteiger charge is -2.29. The molecule has 0 aliphatic carbocycles. The molecule has 1 atom stereocenters. The summed E-state index contributed by atoms with van der Waals surface area (Å²) in [6.45, 7) is 2.20. The molecule has 0 radical (unpaired) electrons. The van der Waals surface area contributed by atoms with Crippen molar-refractivity contribution in [2.45, 2.75) is 25.9 Å². The molecule has 3 aromatic rings. The molecule has 0 aliphatic rings. The molecule has 2 N–H and O–H groups in total. The van der Waals surface area contributed by atoms with Crippen LogP contribution >= 0.6 is 12.4 Å². The van der Waals surface area contributed by atoms with Crippen LogP contribution < -0.4 is 5.32 Å². The SMILES string of the molecule is CCC(CO)N(Cc1ccco1)C(=O)c1cccc(-c2ccc(NC)cc2)c1.Cl. The van der Waals surface area contributed by atoms with E-state index in [1.165, 1.54) is 0 Å². The van der Waals surface area contributed by atoms with Crippen molar-refractivity contribution in [2.75, 3.05) is 19.0 Å². The Bertz CT molecular complexity index is 891. The van der Waals surface area contributed by atoms with E-state index in [-0.39, 0.29) is 31.0 Å². The van der Waals surface area contributed by atoms with E-state index in [0.29, 0.717) is 24.3 Å². The number of hydrogen-bond acceptors (Lipinski definition) is 4. The molecule has 5 nitrogen and oxygen atoms in total. The van der Waals surface area contributed by atoms with Gasteiger partial charge in [-0.1, -0.05) is 31.2 Å². The smallest absolute Gasteiger partial charge is 0.254 e. The number of furan rings is 1. The second-order valence-electron chi connectivity index (χ2n) is 6.67. The van der Waals surface area contributed by atoms with Crippen LogP contribution in [0.4, 0.5) is 5.69 Å². The van der Waals surface area contributed by atoms with Crippen molar-refractivity contribution in [2.24, 2.45) is 0 Å². The molecule has 1 aromatic heterocycles. The van der Waals surface area contributed by atoms with Crippen LogP contribution in [0.2, 0.25) is 0 Å². The number of nitrogens with one attached hydrogen (secondary N) is 1. The van der Waals surface area contributed by atoms with Crippen LogP contribution in [-0.2, 0) is 6.54 Å². The van der Waals surface area contributed by atoms with Gasteiger partial charge in [0.15, 0.2) is 0 Å². The quantitative estimate of drug-likeness (QED) is 0.554. The number of amides is 1. The van der Waals surface area contributed by atoms with Gasteiger partial charge in [-0.15, -0.1) is 12.4 Å². The zero-order valence-corrected chi connectivity index (χ0v) is 17.5. The number of nitrogens with zero attached hydrogens (tertiary/aromatic N) is 1. The third-order valence-electron chi connectivity index (χ3n) is 4.91. The molecular weight excluding hydrogens is 388 g/mol. The number of anilines is 1. The van der Waals surface area contributed by atoms with Crippen molar-refractivity contribution >= 4 is 24.0 Å². The Morgan fingerprint density at radius 1 is 1.10 bits per heavy atom. The lowest BCUT2D eigenvalue weighted by atomic mass is 10.0. The van der Waals surface area contributed by atoms with Gasteiger partial charge >= 0.3 is 0 Å². The number of hydrogen-bond donors (Lipinski definition) is 2. The van der Waals surface area contributed by atoms with Gasteiger partial charge in [0, 0.05) is 18.3 Å². The highest BCUT2D eigenvalue weighted by molar-refractivity contribution is 5.95. The zero-order chi connectivity index (χ0) is 19.9. The first kappa shape index (κ1) is 22.5. The van der Waals surface area contributed by atoms with Crippen LogP contribution in [0.15, 0.2) is 71.3 Å². The molecule has 0 saturated carbocycles. The minimum absolute atomic E-state index is 0. The van der Waals surface area contributed by atoms with E-state index in [9.17, 15) is 9.90 Å². The predicted octanol–water partition coefficient (Wildman–Crippen LogP) is 4.82. The summed E-state index contributed by atoms with van der Waals surface area (Å²) in [5.41, 5.74) is 3.65. The molecular formula is C23H27ClN2O3. The monoisotopic (exact) mass is 414 g/mol. The fourth-order valence-electron chi connectivity index (χ4n) is 3.21. The Kier molecular flexibility index (Phi) is 8.31. The molecule has 2 aromatic carbocycles. The maximum absolute atomic E-state index is 13.3. The molecule has 0 bridgehead atoms. The minimum atomic E-state index is -0.267. The van der Waals surface area contributed by atoms with Gasteiger partial charge in [-0.25, -0.2) is 0 Å². The van der Waals surface area contributed by atoms with Gasteiger partial charge in [-0.05, 0) is 53.9 Å². The summed E-state index contributed by atoms with van der Waals surface area (Å²) >= 11 is 0. The highest BCUT2D eigenvalue weighted by Crippen LogP contribution is 2.24. The first-order valence-corrected chi connectivity index (χ1v) is 9.48. The molecule has 1 amide bonds. The number of carbonyl (C=O) groups excluding carboxylic acids is 1. The maximum Gasteiger partial charge on any atom is 0.254 e. The van der Waals surface area contributed by atoms with Gasteiger partial charge in [-0.2, -0.15) is 0 Å². The molecule has 0 fully saturated rings. The van der Waals surface area contributed by atoms with Crippen molar-refractivity contribution in [1.82, 2.24) is 4.90 Å². The largest absolute Gasteiger partial charge is 0.467 e. The number of carbonyl (C=O) groups is 1. The minimum Gasteiger partial charge on any atom is -0.467 e. The van der Waals surface area contributed by atoms with Crippen LogP contribution in [0.3, 0.4) is 0 Å². The standard InChI is InChI=1S/C23H26N2O3.ClH/c1-3-21(16-26)25(15-22-8-5-13-28-22)23(27)19-7-4-6-18(14-19)17-9-11-20(24-2)12-10-17;/h4-14,21,24,26H,3,15-16H2,1-2H3;1H. The van der Waals surface area contributed by atoms with Crippen molar-refractivity contribution in [1.29, 1.82) is 0 Å². The van der Waals surface area contributed by atoms with Crippen LogP contribution in [-0.4, -0.2) is 35.6 Å². The first-order valence-electron chi connectivity index (χ1n) is 9.48. The lowest BCUT2D eigenvalue weighted by Crippen LogP contribution is -2.41. The zero-order valence-electron chi connectivity index (χ0n) is 16.7. The summed E-state index contributed by atoms with van der Waals surface area (Å²) in [7, 11) is 1.88. The van der Waals surface area contributed by atoms with E-state index in [1.807, 2.05) is 68.6 Å². The average Bonchev–Trinajstić information content (AvgIpc) is 3.27. The number of rotatable bonds is 8. The number of halogens is 1. The molecule has 29 heavy (non-hydrogen) atoms. The van der Waals surface area contributed by atoms with Crippen LogP contribution in [0.5, 0.6) is 0 Å². The maximum atomic E-state index is 13.3. The van der Waals surface area contributed by atoms with E-state index in [1.54, 1.807) is 17.2 Å². The first-order chi connectivity index (χ1) is 13.7. The van der Waals surface area contributed by atoms with Crippen molar-refractivity contribution < 1.29 is 14.3 Å². The molecule has 154 valence electrons. The molecule has 0 aliphatic heterocycles. The normalized spacial score (nSPS) is 11.4. The number of aliphatic hydroxyl groups is 1. The Labute approximate surface area is 177 Å². The van der Waals surface area contributed by atoms with E-state index in [2.05, 4.69) is 5.32 Å². The third-order valence-corrected chi connectivity index (χ3v) is 4.91. The summed E-state index contributed by atoms with van der Waals surface area (Å²) in [4.78, 5) is 15.0. The summed E-state index contributed by atoms with van der Waals surface area (Å²) in [6.07, 6.45) is 2.25. The average molecular weight is 415 g/mol. The number of aliphatic hydroxyl groups excluding tert-OH is 1. The highest BCUT2D eigenvalue weighted by atomic mass is 35.5. The fraction of sp³-hybridized carbons (Fsp3) is 0.261. The third kappa shape index (κ3) is 5.40. The lowest BCUT2D eigenvalue weighted by molar-refractivity contribution is 0.0545. The number of benzene rings is 2. The summed E-state index contributed by atoms with van der Waals surface area (Å²) in [6, 6.07) is 19.0. The van der Waals surface area contributed by atoms with Crippen molar-refractivity contribution in [3.8, 4) is 11.1 Å². The van der Waals surface area contributed by atoms with Crippen LogP contribution in [0.25, 0.3) is 11.1 Å². The predicted molar refractivity (Wildman–Crippen MR) is 118 cm³/mol. The van der Waals surface area contributed by atoms with Gasteiger partial charge in [-0.3, -0.25) is 4.79 Å². The molecule has 0 saturated heterocycles. The topological polar surface area (TPSA) is 65.7 Å². The van der Waals surface area contributed by atoms with Crippen molar-refractivity contribution in [3.05, 3.63) is 78.3 Å². The Balaban J connectivity index is 0.00000300. The van der Waals surface area contributed by atoms with Gasteiger partial charge in [0.05, 0.1) is 25.5 Å². The summed E-state index contributed by atoms with van der Waals surface area (Å²) < 4.78 is 5.42. The molecule has 6 heteroatoms. The molecule has 3 rings (SSSR count). The summed E-state index contributed by atoms with van der Waals surface area (Å²) in [5, 5.41) is 12.9. The van der Waals surface area contributed by atoms with Gasteiger partial charge < -0.3 is 19.7 Å². The van der Waals surface area contributed by atoms with E-state index >= 15 is 0 Å². The Morgan fingerprint density at radius 2 is 1.86 bits per heavy atom. The highest BCUT2D eigenvalue weighted by Gasteiger charge is 2.24. The van der Waals surface area contributed by atoms with Gasteiger partial charge in [0.2, 0.25) is 0 Å². The molecule has 1 heterocycles. The van der Waals surface area contributed by atoms with Crippen LogP contribution in [0.1, 0.15) is 29.5 Å². The Hall–Kier alpha value is -2.76. The van der Waals surface area contributed by atoms with E-state index < -0.39 is 0 Å². The molecule has 0 spiro atoms. The fourth-order valence-corrected chi connectivity index (χ4v) is 3.21. The van der Waals surface area contributed by atoms with Crippen LogP contribution in [0, 0.1) is 0 Å². The van der Waals surface area contributed by atoms with Gasteiger partial charge in [0.1, 0.15) is 5.76 Å². The second kappa shape index (κ2) is 10.7. The van der Waals surface area contributed by atoms with E-state index in [0.717, 1.165) is 16.8 Å².